The number of rotatable bonds is 3. The molecule has 2 heteroatoms. The lowest BCUT2D eigenvalue weighted by Gasteiger charge is -2.27. The van der Waals surface area contributed by atoms with E-state index in [0.717, 1.165) is 17.0 Å². The Hall–Kier alpha value is -1.31. The molecule has 1 aliphatic carbocycles. The van der Waals surface area contributed by atoms with E-state index in [1.165, 1.54) is 25.7 Å². The smallest absolute Gasteiger partial charge is 0.127 e. The van der Waals surface area contributed by atoms with Gasteiger partial charge < -0.3 is 5.11 Å². The Morgan fingerprint density at radius 2 is 1.89 bits per heavy atom. The third-order valence-electron chi connectivity index (χ3n) is 4.07. The molecule has 19 heavy (non-hydrogen) atoms. The summed E-state index contributed by atoms with van der Waals surface area (Å²) in [6.45, 7) is 6.40. The van der Waals surface area contributed by atoms with Crippen molar-refractivity contribution in [2.24, 2.45) is 10.9 Å². The number of para-hydroxylation sites is 1. The molecule has 1 fully saturated rings. The van der Waals surface area contributed by atoms with Crippen molar-refractivity contribution in [2.45, 2.75) is 58.4 Å². The first-order valence-electron chi connectivity index (χ1n) is 7.43. The number of hydrogen-bond acceptors (Lipinski definition) is 2. The van der Waals surface area contributed by atoms with Crippen molar-refractivity contribution in [3.8, 4) is 5.75 Å². The fourth-order valence-corrected chi connectivity index (χ4v) is 2.81. The van der Waals surface area contributed by atoms with Crippen molar-refractivity contribution in [3.63, 3.8) is 0 Å². The Bertz CT molecular complexity index is 443. The Labute approximate surface area is 116 Å². The summed E-state index contributed by atoms with van der Waals surface area (Å²) in [7, 11) is 0. The fourth-order valence-electron chi connectivity index (χ4n) is 2.81. The predicted octanol–water partition coefficient (Wildman–Crippen LogP) is 4.51. The van der Waals surface area contributed by atoms with Crippen LogP contribution in [-0.2, 0) is 0 Å². The van der Waals surface area contributed by atoms with Gasteiger partial charge >= 0.3 is 0 Å². The zero-order valence-electron chi connectivity index (χ0n) is 12.3. The summed E-state index contributed by atoms with van der Waals surface area (Å²) in [5.74, 6) is 1.79. The van der Waals surface area contributed by atoms with Crippen molar-refractivity contribution < 1.29 is 5.11 Å². The molecular weight excluding hydrogens is 234 g/mol. The number of phenolic OH excluding ortho intramolecular Hbond substituents is 1. The molecular formula is C17H25NO. The molecule has 0 spiro atoms. The number of aliphatic imine (C=N–C) groups is 1. The van der Waals surface area contributed by atoms with Gasteiger partial charge in [0, 0.05) is 17.8 Å². The third-order valence-corrected chi connectivity index (χ3v) is 4.07. The second-order valence-electron chi connectivity index (χ2n) is 6.11. The number of aromatic hydroxyl groups is 1. The van der Waals surface area contributed by atoms with Crippen LogP contribution in [0.3, 0.4) is 0 Å². The van der Waals surface area contributed by atoms with Gasteiger partial charge in [0.05, 0.1) is 0 Å². The minimum Gasteiger partial charge on any atom is -0.507 e. The van der Waals surface area contributed by atoms with Gasteiger partial charge in [-0.25, -0.2) is 0 Å². The SMILES string of the molecule is CC1CCC(c2cccc(C=NC(C)C)c2O)CC1. The van der Waals surface area contributed by atoms with Crippen LogP contribution < -0.4 is 0 Å². The number of nitrogens with zero attached hydrogens (tertiary/aromatic N) is 1. The van der Waals surface area contributed by atoms with E-state index >= 15 is 0 Å². The van der Waals surface area contributed by atoms with E-state index in [1.54, 1.807) is 6.21 Å². The molecule has 0 aliphatic heterocycles. The molecule has 0 bridgehead atoms. The monoisotopic (exact) mass is 259 g/mol. The summed E-state index contributed by atoms with van der Waals surface area (Å²) in [6, 6.07) is 6.31. The largest absolute Gasteiger partial charge is 0.507 e. The molecule has 0 aromatic heterocycles. The highest BCUT2D eigenvalue weighted by atomic mass is 16.3. The molecule has 0 radical (unpaired) electrons. The molecule has 1 aromatic carbocycles. The molecule has 0 saturated heterocycles. The van der Waals surface area contributed by atoms with E-state index in [1.807, 2.05) is 26.0 Å². The third kappa shape index (κ3) is 3.59. The maximum absolute atomic E-state index is 10.4. The zero-order valence-corrected chi connectivity index (χ0v) is 12.3. The summed E-state index contributed by atoms with van der Waals surface area (Å²) >= 11 is 0. The van der Waals surface area contributed by atoms with Gasteiger partial charge in [-0.3, -0.25) is 4.99 Å². The van der Waals surface area contributed by atoms with Crippen LogP contribution >= 0.6 is 0 Å². The van der Waals surface area contributed by atoms with Crippen molar-refractivity contribution in [1.82, 2.24) is 0 Å². The molecule has 1 N–H and O–H groups in total. The van der Waals surface area contributed by atoms with E-state index in [-0.39, 0.29) is 6.04 Å². The normalized spacial score (nSPS) is 24.2. The van der Waals surface area contributed by atoms with E-state index in [2.05, 4.69) is 18.0 Å². The summed E-state index contributed by atoms with van der Waals surface area (Å²) in [5.41, 5.74) is 1.96. The van der Waals surface area contributed by atoms with Crippen LogP contribution in [0.15, 0.2) is 23.2 Å². The van der Waals surface area contributed by atoms with Crippen LogP contribution in [0, 0.1) is 5.92 Å². The number of phenols is 1. The molecule has 1 saturated carbocycles. The van der Waals surface area contributed by atoms with Gasteiger partial charge in [-0.05, 0) is 50.2 Å². The van der Waals surface area contributed by atoms with Crippen LogP contribution in [0.1, 0.15) is 63.5 Å². The minimum absolute atomic E-state index is 0.263. The Kier molecular flexibility index (Phi) is 4.62. The lowest BCUT2D eigenvalue weighted by molar-refractivity contribution is 0.340. The standard InChI is InChI=1S/C17H25NO/c1-12(2)18-11-15-5-4-6-16(17(15)19)14-9-7-13(3)8-10-14/h4-6,11-14,19H,7-10H2,1-3H3. The second-order valence-corrected chi connectivity index (χ2v) is 6.11. The topological polar surface area (TPSA) is 32.6 Å². The highest BCUT2D eigenvalue weighted by Crippen LogP contribution is 2.39. The average molecular weight is 259 g/mol. The van der Waals surface area contributed by atoms with Crippen molar-refractivity contribution in [2.75, 3.05) is 0 Å². The van der Waals surface area contributed by atoms with E-state index in [0.29, 0.717) is 11.7 Å². The van der Waals surface area contributed by atoms with Crippen LogP contribution in [-0.4, -0.2) is 17.4 Å². The maximum Gasteiger partial charge on any atom is 0.127 e. The van der Waals surface area contributed by atoms with Gasteiger partial charge in [-0.2, -0.15) is 0 Å². The summed E-state index contributed by atoms with van der Waals surface area (Å²) in [5, 5.41) is 10.4. The minimum atomic E-state index is 0.263. The zero-order chi connectivity index (χ0) is 13.8. The van der Waals surface area contributed by atoms with Gasteiger partial charge in [-0.15, -0.1) is 0 Å². The number of hydrogen-bond donors (Lipinski definition) is 1. The van der Waals surface area contributed by atoms with E-state index in [9.17, 15) is 5.11 Å². The van der Waals surface area contributed by atoms with Crippen molar-refractivity contribution in [1.29, 1.82) is 0 Å². The summed E-state index contributed by atoms with van der Waals surface area (Å²) < 4.78 is 0. The highest BCUT2D eigenvalue weighted by molar-refractivity contribution is 5.84. The quantitative estimate of drug-likeness (QED) is 0.796. The van der Waals surface area contributed by atoms with Crippen LogP contribution in [0.2, 0.25) is 0 Å². The molecule has 1 aliphatic rings. The van der Waals surface area contributed by atoms with Crippen LogP contribution in [0.25, 0.3) is 0 Å². The van der Waals surface area contributed by atoms with Crippen LogP contribution in [0.5, 0.6) is 5.75 Å². The molecule has 104 valence electrons. The molecule has 2 nitrogen and oxygen atoms in total. The summed E-state index contributed by atoms with van der Waals surface area (Å²) in [6.07, 6.45) is 6.73. The lowest BCUT2D eigenvalue weighted by atomic mass is 9.79. The average Bonchev–Trinajstić information content (AvgIpc) is 2.39. The molecule has 0 unspecified atom stereocenters. The molecule has 0 amide bonds. The van der Waals surface area contributed by atoms with Gasteiger partial charge in [0.1, 0.15) is 5.75 Å². The summed E-state index contributed by atoms with van der Waals surface area (Å²) in [4.78, 5) is 4.37. The lowest BCUT2D eigenvalue weighted by Crippen LogP contribution is -2.11. The van der Waals surface area contributed by atoms with E-state index < -0.39 is 0 Å². The van der Waals surface area contributed by atoms with Gasteiger partial charge in [0.25, 0.3) is 0 Å². The van der Waals surface area contributed by atoms with Crippen LogP contribution in [0.4, 0.5) is 0 Å². The highest BCUT2D eigenvalue weighted by Gasteiger charge is 2.22. The first kappa shape index (κ1) is 14.1. The van der Waals surface area contributed by atoms with E-state index in [4.69, 9.17) is 0 Å². The predicted molar refractivity (Wildman–Crippen MR) is 81.2 cm³/mol. The maximum atomic E-state index is 10.4. The van der Waals surface area contributed by atoms with Crippen molar-refractivity contribution in [3.05, 3.63) is 29.3 Å². The first-order chi connectivity index (χ1) is 9.08. The Morgan fingerprint density at radius 1 is 1.21 bits per heavy atom. The Balaban J connectivity index is 2.20. The Morgan fingerprint density at radius 3 is 2.53 bits per heavy atom. The molecule has 0 heterocycles. The first-order valence-corrected chi connectivity index (χ1v) is 7.43. The van der Waals surface area contributed by atoms with Gasteiger partial charge in [0.2, 0.25) is 0 Å². The number of benzene rings is 1. The van der Waals surface area contributed by atoms with Crippen molar-refractivity contribution >= 4 is 6.21 Å². The molecule has 0 atom stereocenters. The second kappa shape index (κ2) is 6.23. The fraction of sp³-hybridized carbons (Fsp3) is 0.588. The van der Waals surface area contributed by atoms with Gasteiger partial charge in [0.15, 0.2) is 0 Å². The molecule has 1 aromatic rings. The van der Waals surface area contributed by atoms with Gasteiger partial charge in [-0.1, -0.05) is 31.9 Å². The molecule has 2 rings (SSSR count).